The number of likely N-dealkylation sites (N-methyl/N-ethyl adjacent to an activating group) is 1. The summed E-state index contributed by atoms with van der Waals surface area (Å²) >= 11 is 0. The van der Waals surface area contributed by atoms with Gasteiger partial charge in [0.15, 0.2) is 0 Å². The Balaban J connectivity index is 2.47. The Morgan fingerprint density at radius 3 is 3.00 bits per heavy atom. The van der Waals surface area contributed by atoms with E-state index in [0.717, 1.165) is 25.6 Å². The minimum atomic E-state index is 0.781. The monoisotopic (exact) mass is 128 g/mol. The first kappa shape index (κ1) is 6.39. The van der Waals surface area contributed by atoms with Gasteiger partial charge in [-0.2, -0.15) is 0 Å². The van der Waals surface area contributed by atoms with Crippen LogP contribution in [0, 0.1) is 0 Å². The summed E-state index contributed by atoms with van der Waals surface area (Å²) in [4.78, 5) is 0. The lowest BCUT2D eigenvalue weighted by Crippen LogP contribution is -2.29. The van der Waals surface area contributed by atoms with Gasteiger partial charge in [0.1, 0.15) is 6.61 Å². The lowest BCUT2D eigenvalue weighted by Gasteiger charge is -2.22. The lowest BCUT2D eigenvalue weighted by molar-refractivity contribution is 0.170. The molecule has 9 heavy (non-hydrogen) atoms. The molecular formula is C6H12N2O. The van der Waals surface area contributed by atoms with Crippen molar-refractivity contribution < 1.29 is 4.74 Å². The molecular weight excluding hydrogens is 116 g/mol. The predicted molar refractivity (Wildman–Crippen MR) is 36.3 cm³/mol. The minimum absolute atomic E-state index is 0.781. The Kier molecular flexibility index (Phi) is 1.92. The van der Waals surface area contributed by atoms with Gasteiger partial charge >= 0.3 is 0 Å². The van der Waals surface area contributed by atoms with Crippen molar-refractivity contribution in [3.8, 4) is 0 Å². The molecule has 0 spiro atoms. The second-order valence-corrected chi connectivity index (χ2v) is 2.01. The summed E-state index contributed by atoms with van der Waals surface area (Å²) in [5.41, 5.74) is 0. The molecule has 0 atom stereocenters. The normalized spacial score (nSPS) is 18.9. The van der Waals surface area contributed by atoms with Gasteiger partial charge in [-0.25, -0.2) is 0 Å². The molecule has 1 heterocycles. The van der Waals surface area contributed by atoms with Crippen molar-refractivity contribution in [2.24, 2.45) is 5.10 Å². The molecule has 3 heteroatoms. The smallest absolute Gasteiger partial charge is 0.202 e. The third kappa shape index (κ3) is 1.59. The van der Waals surface area contributed by atoms with Crippen LogP contribution in [0.5, 0.6) is 0 Å². The molecule has 0 aromatic rings. The van der Waals surface area contributed by atoms with E-state index >= 15 is 0 Å². The first-order valence-electron chi connectivity index (χ1n) is 3.26. The zero-order valence-electron chi connectivity index (χ0n) is 5.92. The number of hydrogen-bond acceptors (Lipinski definition) is 3. The van der Waals surface area contributed by atoms with Crippen LogP contribution in [0.25, 0.3) is 0 Å². The Bertz CT molecular complexity index is 122. The molecule has 0 aromatic carbocycles. The zero-order chi connectivity index (χ0) is 6.69. The third-order valence-corrected chi connectivity index (χ3v) is 1.31. The van der Waals surface area contributed by atoms with E-state index in [2.05, 4.69) is 12.0 Å². The van der Waals surface area contributed by atoms with Gasteiger partial charge < -0.3 is 4.74 Å². The summed E-state index contributed by atoms with van der Waals surface area (Å²) in [5.74, 6) is 0.781. The number of hydrazone groups is 1. The summed E-state index contributed by atoms with van der Waals surface area (Å²) in [7, 11) is 0. The lowest BCUT2D eigenvalue weighted by atomic mass is 10.5. The van der Waals surface area contributed by atoms with Gasteiger partial charge in [0.2, 0.25) is 5.90 Å². The molecule has 52 valence electrons. The van der Waals surface area contributed by atoms with Gasteiger partial charge in [-0.05, 0) is 6.92 Å². The van der Waals surface area contributed by atoms with Crippen molar-refractivity contribution in [2.75, 3.05) is 19.7 Å². The van der Waals surface area contributed by atoms with Crippen LogP contribution >= 0.6 is 0 Å². The van der Waals surface area contributed by atoms with Gasteiger partial charge in [0, 0.05) is 13.5 Å². The summed E-state index contributed by atoms with van der Waals surface area (Å²) in [6.07, 6.45) is 0. The molecule has 0 fully saturated rings. The van der Waals surface area contributed by atoms with Crippen molar-refractivity contribution in [3.05, 3.63) is 0 Å². The zero-order valence-corrected chi connectivity index (χ0v) is 5.92. The molecule has 0 aromatic heterocycles. The molecule has 1 aliphatic rings. The Morgan fingerprint density at radius 2 is 2.56 bits per heavy atom. The molecule has 1 rings (SSSR count). The van der Waals surface area contributed by atoms with E-state index in [0.29, 0.717) is 0 Å². The SMILES string of the molecule is CCN1CCOC(C)=N1. The van der Waals surface area contributed by atoms with Crippen LogP contribution in [0.2, 0.25) is 0 Å². The number of hydrogen-bond donors (Lipinski definition) is 0. The van der Waals surface area contributed by atoms with Gasteiger partial charge in [0.05, 0.1) is 6.54 Å². The first-order valence-corrected chi connectivity index (χ1v) is 3.26. The maximum absolute atomic E-state index is 5.12. The number of rotatable bonds is 1. The van der Waals surface area contributed by atoms with Crippen molar-refractivity contribution >= 4 is 5.90 Å². The van der Waals surface area contributed by atoms with E-state index < -0.39 is 0 Å². The molecule has 1 aliphatic heterocycles. The molecule has 0 amide bonds. The van der Waals surface area contributed by atoms with Gasteiger partial charge in [0.25, 0.3) is 0 Å². The molecule has 3 nitrogen and oxygen atoms in total. The van der Waals surface area contributed by atoms with Crippen molar-refractivity contribution in [3.63, 3.8) is 0 Å². The average molecular weight is 128 g/mol. The standard InChI is InChI=1S/C6H12N2O/c1-3-8-4-5-9-6(2)7-8/h3-5H2,1-2H3. The summed E-state index contributed by atoms with van der Waals surface area (Å²) in [6, 6.07) is 0. The average Bonchev–Trinajstić information content (AvgIpc) is 1.88. The van der Waals surface area contributed by atoms with Gasteiger partial charge in [-0.1, -0.05) is 0 Å². The van der Waals surface area contributed by atoms with Crippen LogP contribution in [0.15, 0.2) is 5.10 Å². The quantitative estimate of drug-likeness (QED) is 0.518. The van der Waals surface area contributed by atoms with Gasteiger partial charge in [-0.15, -0.1) is 5.10 Å². The summed E-state index contributed by atoms with van der Waals surface area (Å²) in [5, 5.41) is 6.13. The fraction of sp³-hybridized carbons (Fsp3) is 0.833. The van der Waals surface area contributed by atoms with Crippen molar-refractivity contribution in [2.45, 2.75) is 13.8 Å². The fourth-order valence-electron chi connectivity index (χ4n) is 0.806. The molecule has 0 N–H and O–H groups in total. The highest BCUT2D eigenvalue weighted by atomic mass is 16.5. The number of nitrogens with zero attached hydrogens (tertiary/aromatic N) is 2. The molecule has 0 saturated heterocycles. The Hall–Kier alpha value is -0.730. The highest BCUT2D eigenvalue weighted by Crippen LogP contribution is 1.97. The Labute approximate surface area is 55.3 Å². The Morgan fingerprint density at radius 1 is 1.78 bits per heavy atom. The minimum Gasteiger partial charge on any atom is -0.478 e. The fourth-order valence-corrected chi connectivity index (χ4v) is 0.806. The largest absolute Gasteiger partial charge is 0.478 e. The van der Waals surface area contributed by atoms with Crippen LogP contribution in [0.4, 0.5) is 0 Å². The molecule has 0 aliphatic carbocycles. The predicted octanol–water partition coefficient (Wildman–Crippen LogP) is 0.672. The second kappa shape index (κ2) is 2.71. The summed E-state index contributed by atoms with van der Waals surface area (Å²) in [6.45, 7) is 6.64. The van der Waals surface area contributed by atoms with Crippen LogP contribution in [-0.2, 0) is 4.74 Å². The maximum Gasteiger partial charge on any atom is 0.202 e. The first-order chi connectivity index (χ1) is 4.33. The molecule has 0 saturated carbocycles. The second-order valence-electron chi connectivity index (χ2n) is 2.01. The maximum atomic E-state index is 5.12. The number of ether oxygens (including phenoxy) is 1. The van der Waals surface area contributed by atoms with Crippen LogP contribution in [-0.4, -0.2) is 30.6 Å². The van der Waals surface area contributed by atoms with Crippen LogP contribution in [0.3, 0.4) is 0 Å². The highest BCUT2D eigenvalue weighted by Gasteiger charge is 2.05. The van der Waals surface area contributed by atoms with Gasteiger partial charge in [-0.3, -0.25) is 5.01 Å². The molecule has 0 radical (unpaired) electrons. The molecule has 0 unspecified atom stereocenters. The van der Waals surface area contributed by atoms with Crippen LogP contribution in [0.1, 0.15) is 13.8 Å². The van der Waals surface area contributed by atoms with E-state index in [9.17, 15) is 0 Å². The van der Waals surface area contributed by atoms with E-state index in [-0.39, 0.29) is 0 Å². The van der Waals surface area contributed by atoms with E-state index in [1.54, 1.807) is 0 Å². The van der Waals surface area contributed by atoms with Crippen LogP contribution < -0.4 is 0 Å². The third-order valence-electron chi connectivity index (χ3n) is 1.31. The van der Waals surface area contributed by atoms with Crippen molar-refractivity contribution in [1.29, 1.82) is 0 Å². The topological polar surface area (TPSA) is 24.8 Å². The van der Waals surface area contributed by atoms with Crippen molar-refractivity contribution in [1.82, 2.24) is 5.01 Å². The summed E-state index contributed by atoms with van der Waals surface area (Å²) < 4.78 is 5.12. The molecule has 0 bridgehead atoms. The van der Waals surface area contributed by atoms with E-state index in [1.807, 2.05) is 11.9 Å². The highest BCUT2D eigenvalue weighted by molar-refractivity contribution is 5.73. The van der Waals surface area contributed by atoms with E-state index in [4.69, 9.17) is 4.74 Å². The van der Waals surface area contributed by atoms with E-state index in [1.165, 1.54) is 0 Å².